The highest BCUT2D eigenvalue weighted by atomic mass is 16.6. The van der Waals surface area contributed by atoms with Gasteiger partial charge in [-0.2, -0.15) is 0 Å². The molecule has 4 rings (SSSR count). The number of aliphatic hydroxyl groups is 1. The molecule has 1 atom stereocenters. The van der Waals surface area contributed by atoms with Crippen LogP contribution in [0, 0.1) is 16.0 Å². The first-order valence-corrected chi connectivity index (χ1v) is 11.1. The SMILES string of the molecule is O=C(c1cc([N+](=O)[O-])ccc1N1CCCCC1)N1CCC(C(O)c2ccccc2)CC1. The quantitative estimate of drug-likeness (QED) is 0.576. The minimum Gasteiger partial charge on any atom is -0.388 e. The highest BCUT2D eigenvalue weighted by molar-refractivity contribution is 6.00. The molecule has 31 heavy (non-hydrogen) atoms. The highest BCUT2D eigenvalue weighted by Gasteiger charge is 2.31. The third-order valence-electron chi connectivity index (χ3n) is 6.53. The fourth-order valence-electron chi connectivity index (χ4n) is 4.73. The zero-order valence-corrected chi connectivity index (χ0v) is 17.7. The summed E-state index contributed by atoms with van der Waals surface area (Å²) >= 11 is 0. The number of carbonyl (C=O) groups is 1. The number of benzene rings is 2. The fourth-order valence-corrected chi connectivity index (χ4v) is 4.73. The molecule has 2 fully saturated rings. The number of nitrogens with zero attached hydrogens (tertiary/aromatic N) is 3. The second-order valence-electron chi connectivity index (χ2n) is 8.49. The summed E-state index contributed by atoms with van der Waals surface area (Å²) in [6.07, 6.45) is 4.16. The Morgan fingerprint density at radius 3 is 2.32 bits per heavy atom. The fraction of sp³-hybridized carbons (Fsp3) is 0.458. The van der Waals surface area contributed by atoms with Crippen molar-refractivity contribution in [3.8, 4) is 0 Å². The molecule has 2 aromatic rings. The number of nitro benzene ring substituents is 1. The monoisotopic (exact) mass is 423 g/mol. The summed E-state index contributed by atoms with van der Waals surface area (Å²) in [5, 5.41) is 22.0. The molecule has 1 amide bonds. The molecular formula is C24H29N3O4. The van der Waals surface area contributed by atoms with Gasteiger partial charge in [0.15, 0.2) is 0 Å². The molecule has 2 heterocycles. The van der Waals surface area contributed by atoms with Gasteiger partial charge in [-0.05, 0) is 49.7 Å². The van der Waals surface area contributed by atoms with E-state index in [2.05, 4.69) is 4.90 Å². The predicted molar refractivity (Wildman–Crippen MR) is 119 cm³/mol. The van der Waals surface area contributed by atoms with Crippen molar-refractivity contribution in [2.45, 2.75) is 38.2 Å². The van der Waals surface area contributed by atoms with Crippen LogP contribution >= 0.6 is 0 Å². The molecule has 0 saturated carbocycles. The molecule has 2 aromatic carbocycles. The Balaban J connectivity index is 1.50. The topological polar surface area (TPSA) is 86.9 Å². The van der Waals surface area contributed by atoms with Gasteiger partial charge in [0.05, 0.1) is 22.3 Å². The number of aliphatic hydroxyl groups excluding tert-OH is 1. The molecule has 2 aliphatic heterocycles. The lowest BCUT2D eigenvalue weighted by Crippen LogP contribution is -2.41. The number of amides is 1. The number of hydrogen-bond acceptors (Lipinski definition) is 5. The van der Waals surface area contributed by atoms with Crippen LogP contribution in [0.2, 0.25) is 0 Å². The van der Waals surface area contributed by atoms with E-state index in [-0.39, 0.29) is 17.5 Å². The van der Waals surface area contributed by atoms with Gasteiger partial charge in [-0.3, -0.25) is 14.9 Å². The van der Waals surface area contributed by atoms with E-state index in [1.165, 1.54) is 18.6 Å². The smallest absolute Gasteiger partial charge is 0.270 e. The van der Waals surface area contributed by atoms with Gasteiger partial charge in [0.1, 0.15) is 0 Å². The van der Waals surface area contributed by atoms with E-state index in [9.17, 15) is 20.0 Å². The van der Waals surface area contributed by atoms with Gasteiger partial charge in [-0.25, -0.2) is 0 Å². The molecule has 0 spiro atoms. The molecular weight excluding hydrogens is 394 g/mol. The molecule has 0 bridgehead atoms. The first-order valence-electron chi connectivity index (χ1n) is 11.1. The minimum absolute atomic E-state index is 0.0569. The Labute approximate surface area is 182 Å². The van der Waals surface area contributed by atoms with Crippen molar-refractivity contribution in [2.24, 2.45) is 5.92 Å². The van der Waals surface area contributed by atoms with E-state index in [0.717, 1.165) is 37.2 Å². The van der Waals surface area contributed by atoms with Crippen LogP contribution in [0.5, 0.6) is 0 Å². The molecule has 2 saturated heterocycles. The summed E-state index contributed by atoms with van der Waals surface area (Å²) in [7, 11) is 0. The number of likely N-dealkylation sites (tertiary alicyclic amines) is 1. The van der Waals surface area contributed by atoms with Crippen LogP contribution in [0.3, 0.4) is 0 Å². The number of piperidine rings is 2. The maximum Gasteiger partial charge on any atom is 0.270 e. The van der Waals surface area contributed by atoms with Gasteiger partial charge in [0.25, 0.3) is 11.6 Å². The summed E-state index contributed by atoms with van der Waals surface area (Å²) in [6, 6.07) is 14.3. The first-order chi connectivity index (χ1) is 15.0. The lowest BCUT2D eigenvalue weighted by molar-refractivity contribution is -0.384. The summed E-state index contributed by atoms with van der Waals surface area (Å²) in [5.41, 5.74) is 2.05. The van der Waals surface area contributed by atoms with Crippen molar-refractivity contribution < 1.29 is 14.8 Å². The minimum atomic E-state index is -0.542. The third kappa shape index (κ3) is 4.71. The Bertz CT molecular complexity index is 920. The maximum absolute atomic E-state index is 13.4. The van der Waals surface area contributed by atoms with E-state index < -0.39 is 11.0 Å². The molecule has 0 aliphatic carbocycles. The Morgan fingerprint density at radius 1 is 1.00 bits per heavy atom. The van der Waals surface area contributed by atoms with Crippen molar-refractivity contribution in [2.75, 3.05) is 31.1 Å². The number of rotatable bonds is 5. The molecule has 0 radical (unpaired) electrons. The standard InChI is InChI=1S/C24H29N3O4/c28-23(18-7-3-1-4-8-18)19-11-15-26(16-12-19)24(29)21-17-20(27(30)31)9-10-22(21)25-13-5-2-6-14-25/h1,3-4,7-10,17,19,23,28H,2,5-6,11-16H2. The average Bonchev–Trinajstić information content (AvgIpc) is 2.84. The van der Waals surface area contributed by atoms with E-state index in [4.69, 9.17) is 0 Å². The molecule has 164 valence electrons. The molecule has 7 nitrogen and oxygen atoms in total. The molecule has 2 aliphatic rings. The van der Waals surface area contributed by atoms with Crippen molar-refractivity contribution >= 4 is 17.3 Å². The number of non-ortho nitro benzene ring substituents is 1. The highest BCUT2D eigenvalue weighted by Crippen LogP contribution is 2.33. The first kappa shape index (κ1) is 21.3. The summed E-state index contributed by atoms with van der Waals surface area (Å²) in [5.74, 6) is -0.0601. The number of nitro groups is 1. The maximum atomic E-state index is 13.4. The van der Waals surface area contributed by atoms with Gasteiger partial charge < -0.3 is 14.9 Å². The van der Waals surface area contributed by atoms with Crippen LogP contribution in [0.1, 0.15) is 54.1 Å². The van der Waals surface area contributed by atoms with Crippen LogP contribution in [0.4, 0.5) is 11.4 Å². The Kier molecular flexibility index (Phi) is 6.51. The van der Waals surface area contributed by atoms with Gasteiger partial charge in [-0.15, -0.1) is 0 Å². The van der Waals surface area contributed by atoms with Crippen molar-refractivity contribution in [3.63, 3.8) is 0 Å². The van der Waals surface area contributed by atoms with Crippen LogP contribution in [-0.4, -0.2) is 47.0 Å². The summed E-state index contributed by atoms with van der Waals surface area (Å²) < 4.78 is 0. The van der Waals surface area contributed by atoms with Crippen LogP contribution in [0.15, 0.2) is 48.5 Å². The molecule has 1 unspecified atom stereocenters. The second kappa shape index (κ2) is 9.47. The normalized spacial score (nSPS) is 18.6. The number of hydrogen-bond donors (Lipinski definition) is 1. The van der Waals surface area contributed by atoms with Crippen molar-refractivity contribution in [1.29, 1.82) is 0 Å². The predicted octanol–water partition coefficient (Wildman–Crippen LogP) is 4.17. The molecule has 1 N–H and O–H groups in total. The second-order valence-corrected chi connectivity index (χ2v) is 8.49. The van der Waals surface area contributed by atoms with Gasteiger partial charge in [0, 0.05) is 38.3 Å². The van der Waals surface area contributed by atoms with Gasteiger partial charge in [0.2, 0.25) is 0 Å². The van der Waals surface area contributed by atoms with Gasteiger partial charge >= 0.3 is 0 Å². The van der Waals surface area contributed by atoms with Crippen LogP contribution in [0.25, 0.3) is 0 Å². The number of carbonyl (C=O) groups excluding carboxylic acids is 1. The lowest BCUT2D eigenvalue weighted by atomic mass is 9.87. The zero-order chi connectivity index (χ0) is 21.8. The Hall–Kier alpha value is -2.93. The largest absolute Gasteiger partial charge is 0.388 e. The Morgan fingerprint density at radius 2 is 1.68 bits per heavy atom. The zero-order valence-electron chi connectivity index (χ0n) is 17.7. The number of anilines is 1. The average molecular weight is 424 g/mol. The van der Waals surface area contributed by atoms with E-state index in [1.54, 1.807) is 11.0 Å². The molecule has 7 heteroatoms. The van der Waals surface area contributed by atoms with E-state index >= 15 is 0 Å². The van der Waals surface area contributed by atoms with Crippen molar-refractivity contribution in [1.82, 2.24) is 4.90 Å². The van der Waals surface area contributed by atoms with Gasteiger partial charge in [-0.1, -0.05) is 30.3 Å². The van der Waals surface area contributed by atoms with Crippen LogP contribution < -0.4 is 4.90 Å². The summed E-state index contributed by atoms with van der Waals surface area (Å²) in [4.78, 5) is 28.2. The van der Waals surface area contributed by atoms with Crippen molar-refractivity contribution in [3.05, 3.63) is 69.8 Å². The summed E-state index contributed by atoms with van der Waals surface area (Å²) in [6.45, 7) is 2.80. The molecule has 0 aromatic heterocycles. The van der Waals surface area contributed by atoms with E-state index in [0.29, 0.717) is 31.5 Å². The lowest BCUT2D eigenvalue weighted by Gasteiger charge is -2.36. The van der Waals surface area contributed by atoms with E-state index in [1.807, 2.05) is 30.3 Å². The third-order valence-corrected chi connectivity index (χ3v) is 6.53. The van der Waals surface area contributed by atoms with Crippen LogP contribution in [-0.2, 0) is 0 Å².